The SMILES string of the molecule is C#CCCN(CC(N)=O)C1CCCC1. The normalized spacial score (nSPS) is 17.1. The number of nitrogens with zero attached hydrogens (tertiary/aromatic N) is 1. The van der Waals surface area contributed by atoms with Crippen LogP contribution < -0.4 is 5.73 Å². The molecule has 2 N–H and O–H groups in total. The van der Waals surface area contributed by atoms with Crippen molar-refractivity contribution in [3.8, 4) is 12.3 Å². The minimum atomic E-state index is -0.256. The van der Waals surface area contributed by atoms with E-state index in [1.165, 1.54) is 25.7 Å². The number of hydrogen-bond acceptors (Lipinski definition) is 2. The van der Waals surface area contributed by atoms with Crippen LogP contribution in [0.1, 0.15) is 32.1 Å². The zero-order valence-corrected chi connectivity index (χ0v) is 8.54. The molecule has 1 aliphatic rings. The van der Waals surface area contributed by atoms with Gasteiger partial charge in [0.1, 0.15) is 0 Å². The van der Waals surface area contributed by atoms with Crippen molar-refractivity contribution in [1.29, 1.82) is 0 Å². The average Bonchev–Trinajstić information content (AvgIpc) is 2.64. The van der Waals surface area contributed by atoms with Crippen molar-refractivity contribution in [2.24, 2.45) is 5.73 Å². The fourth-order valence-electron chi connectivity index (χ4n) is 2.07. The maximum Gasteiger partial charge on any atom is 0.231 e. The van der Waals surface area contributed by atoms with E-state index in [4.69, 9.17) is 12.2 Å². The molecule has 1 amide bonds. The first-order valence-corrected chi connectivity index (χ1v) is 5.20. The summed E-state index contributed by atoms with van der Waals surface area (Å²) in [4.78, 5) is 13.0. The fraction of sp³-hybridized carbons (Fsp3) is 0.727. The Balaban J connectivity index is 2.42. The summed E-state index contributed by atoms with van der Waals surface area (Å²) in [6.45, 7) is 1.15. The predicted molar refractivity (Wildman–Crippen MR) is 56.5 cm³/mol. The molecule has 0 saturated heterocycles. The van der Waals surface area contributed by atoms with Gasteiger partial charge in [-0.15, -0.1) is 12.3 Å². The van der Waals surface area contributed by atoms with Gasteiger partial charge in [-0.05, 0) is 12.8 Å². The van der Waals surface area contributed by atoms with Crippen LogP contribution in [-0.4, -0.2) is 29.9 Å². The quantitative estimate of drug-likeness (QED) is 0.656. The average molecular weight is 194 g/mol. The number of amides is 1. The summed E-state index contributed by atoms with van der Waals surface area (Å²) < 4.78 is 0. The van der Waals surface area contributed by atoms with Gasteiger partial charge in [-0.3, -0.25) is 9.69 Å². The Kier molecular flexibility index (Phi) is 4.48. The molecule has 1 saturated carbocycles. The highest BCUT2D eigenvalue weighted by Crippen LogP contribution is 2.23. The summed E-state index contributed by atoms with van der Waals surface area (Å²) in [5.74, 6) is 2.35. The van der Waals surface area contributed by atoms with Crippen LogP contribution in [0.3, 0.4) is 0 Å². The summed E-state index contributed by atoms with van der Waals surface area (Å²) >= 11 is 0. The Morgan fingerprint density at radius 2 is 2.14 bits per heavy atom. The summed E-state index contributed by atoms with van der Waals surface area (Å²) in [6, 6.07) is 0.524. The number of carbonyl (C=O) groups is 1. The molecule has 0 aromatic heterocycles. The molecule has 78 valence electrons. The van der Waals surface area contributed by atoms with Gasteiger partial charge in [0.25, 0.3) is 0 Å². The lowest BCUT2D eigenvalue weighted by atomic mass is 10.2. The lowest BCUT2D eigenvalue weighted by Crippen LogP contribution is -2.40. The summed E-state index contributed by atoms with van der Waals surface area (Å²) in [6.07, 6.45) is 10.8. The van der Waals surface area contributed by atoms with Crippen LogP contribution in [0.4, 0.5) is 0 Å². The third-order valence-electron chi connectivity index (χ3n) is 2.74. The second-order valence-electron chi connectivity index (χ2n) is 3.83. The number of hydrogen-bond donors (Lipinski definition) is 1. The molecule has 0 aromatic carbocycles. The van der Waals surface area contributed by atoms with Crippen LogP contribution in [0.25, 0.3) is 0 Å². The van der Waals surface area contributed by atoms with E-state index in [0.29, 0.717) is 19.0 Å². The Bertz CT molecular complexity index is 226. The summed E-state index contributed by atoms with van der Waals surface area (Å²) in [7, 11) is 0. The van der Waals surface area contributed by atoms with Crippen LogP contribution in [0, 0.1) is 12.3 Å². The van der Waals surface area contributed by atoms with Crippen LogP contribution >= 0.6 is 0 Å². The van der Waals surface area contributed by atoms with Gasteiger partial charge in [0, 0.05) is 19.0 Å². The van der Waals surface area contributed by atoms with E-state index in [9.17, 15) is 4.79 Å². The van der Waals surface area contributed by atoms with Crippen molar-refractivity contribution in [3.63, 3.8) is 0 Å². The first kappa shape index (κ1) is 11.1. The second-order valence-corrected chi connectivity index (χ2v) is 3.83. The number of primary amides is 1. The maximum absolute atomic E-state index is 10.9. The zero-order valence-electron chi connectivity index (χ0n) is 8.54. The van der Waals surface area contributed by atoms with Gasteiger partial charge in [-0.1, -0.05) is 12.8 Å². The van der Waals surface area contributed by atoms with Crippen molar-refractivity contribution in [3.05, 3.63) is 0 Å². The molecule has 0 spiro atoms. The molecule has 3 heteroatoms. The van der Waals surface area contributed by atoms with Crippen molar-refractivity contribution < 1.29 is 4.79 Å². The lowest BCUT2D eigenvalue weighted by molar-refractivity contribution is -0.119. The number of nitrogens with two attached hydrogens (primary N) is 1. The number of carbonyl (C=O) groups excluding carboxylic acids is 1. The maximum atomic E-state index is 10.9. The van der Waals surface area contributed by atoms with Gasteiger partial charge >= 0.3 is 0 Å². The second kappa shape index (κ2) is 5.66. The highest BCUT2D eigenvalue weighted by molar-refractivity contribution is 5.75. The summed E-state index contributed by atoms with van der Waals surface area (Å²) in [5, 5.41) is 0. The molecule has 0 aromatic rings. The van der Waals surface area contributed by atoms with E-state index in [-0.39, 0.29) is 5.91 Å². The molecular formula is C11H18N2O. The number of rotatable bonds is 5. The van der Waals surface area contributed by atoms with E-state index in [0.717, 1.165) is 6.54 Å². The van der Waals surface area contributed by atoms with E-state index in [2.05, 4.69) is 10.8 Å². The van der Waals surface area contributed by atoms with Crippen LogP contribution in [-0.2, 0) is 4.79 Å². The molecule has 0 atom stereocenters. The van der Waals surface area contributed by atoms with Crippen molar-refractivity contribution in [2.45, 2.75) is 38.1 Å². The van der Waals surface area contributed by atoms with Crippen molar-refractivity contribution >= 4 is 5.91 Å². The Labute approximate surface area is 85.6 Å². The van der Waals surface area contributed by atoms with Crippen LogP contribution in [0.2, 0.25) is 0 Å². The van der Waals surface area contributed by atoms with E-state index < -0.39 is 0 Å². The molecule has 1 fully saturated rings. The van der Waals surface area contributed by atoms with Gasteiger partial charge in [0.2, 0.25) is 5.91 Å². The molecule has 0 bridgehead atoms. The van der Waals surface area contributed by atoms with Gasteiger partial charge in [-0.2, -0.15) is 0 Å². The van der Waals surface area contributed by atoms with Gasteiger partial charge in [-0.25, -0.2) is 0 Å². The van der Waals surface area contributed by atoms with E-state index in [1.807, 2.05) is 0 Å². The molecule has 0 aliphatic heterocycles. The van der Waals surface area contributed by atoms with Crippen molar-refractivity contribution in [1.82, 2.24) is 4.90 Å². The molecule has 0 radical (unpaired) electrons. The largest absolute Gasteiger partial charge is 0.369 e. The first-order chi connectivity index (χ1) is 6.74. The minimum Gasteiger partial charge on any atom is -0.369 e. The zero-order chi connectivity index (χ0) is 10.4. The molecule has 1 rings (SSSR count). The van der Waals surface area contributed by atoms with Crippen LogP contribution in [0.5, 0.6) is 0 Å². The highest BCUT2D eigenvalue weighted by Gasteiger charge is 2.22. The van der Waals surface area contributed by atoms with Gasteiger partial charge in [0.15, 0.2) is 0 Å². The van der Waals surface area contributed by atoms with Crippen LogP contribution in [0.15, 0.2) is 0 Å². The standard InChI is InChI=1S/C11H18N2O/c1-2-3-8-13(9-11(12)14)10-6-4-5-7-10/h1,10H,3-9H2,(H2,12,14). The molecule has 1 aliphatic carbocycles. The minimum absolute atomic E-state index is 0.256. The third kappa shape index (κ3) is 3.39. The fourth-order valence-corrected chi connectivity index (χ4v) is 2.07. The van der Waals surface area contributed by atoms with E-state index in [1.54, 1.807) is 0 Å². The molecule has 0 unspecified atom stereocenters. The molecule has 3 nitrogen and oxygen atoms in total. The topological polar surface area (TPSA) is 46.3 Å². The molecule has 0 heterocycles. The smallest absolute Gasteiger partial charge is 0.231 e. The lowest BCUT2D eigenvalue weighted by Gasteiger charge is -2.26. The Morgan fingerprint density at radius 1 is 1.50 bits per heavy atom. The Hall–Kier alpha value is -1.01. The first-order valence-electron chi connectivity index (χ1n) is 5.20. The van der Waals surface area contributed by atoms with Gasteiger partial charge < -0.3 is 5.73 Å². The monoisotopic (exact) mass is 194 g/mol. The summed E-state index contributed by atoms with van der Waals surface area (Å²) in [5.41, 5.74) is 5.20. The van der Waals surface area contributed by atoms with Crippen molar-refractivity contribution in [2.75, 3.05) is 13.1 Å². The molecule has 14 heavy (non-hydrogen) atoms. The molecular weight excluding hydrogens is 176 g/mol. The van der Waals surface area contributed by atoms with Gasteiger partial charge in [0.05, 0.1) is 6.54 Å². The third-order valence-corrected chi connectivity index (χ3v) is 2.74. The highest BCUT2D eigenvalue weighted by atomic mass is 16.1. The van der Waals surface area contributed by atoms with E-state index >= 15 is 0 Å². The number of terminal acetylenes is 1. The predicted octanol–water partition coefficient (Wildman–Crippen LogP) is 0.740. The Morgan fingerprint density at radius 3 is 2.64 bits per heavy atom.